The van der Waals surface area contributed by atoms with E-state index in [1.54, 1.807) is 0 Å². The van der Waals surface area contributed by atoms with Crippen LogP contribution in [0, 0.1) is 0 Å². The summed E-state index contributed by atoms with van der Waals surface area (Å²) in [5.74, 6) is 0. The minimum Gasteiger partial charge on any atom is -0.373 e. The maximum atomic E-state index is 3.64. The Hall–Kier alpha value is -2.46. The molecule has 23 heavy (non-hydrogen) atoms. The molecule has 3 nitrogen and oxygen atoms in total. The number of nitrogens with one attached hydrogen (secondary N) is 2. The summed E-state index contributed by atoms with van der Waals surface area (Å²) in [4.78, 5) is 0. The molecule has 5 rings (SSSR count). The van der Waals surface area contributed by atoms with E-state index in [-0.39, 0.29) is 6.04 Å². The first-order valence-corrected chi connectivity index (χ1v) is 8.41. The van der Waals surface area contributed by atoms with Gasteiger partial charge in [-0.25, -0.2) is 0 Å². The topological polar surface area (TPSA) is 27.3 Å². The van der Waals surface area contributed by atoms with Gasteiger partial charge in [-0.2, -0.15) is 0 Å². The average Bonchev–Trinajstić information content (AvgIpc) is 3.16. The maximum absolute atomic E-state index is 3.64. The monoisotopic (exact) mass is 363 g/mol. The van der Waals surface area contributed by atoms with Crippen LogP contribution in [-0.4, -0.2) is 6.04 Å². The molecule has 0 spiro atoms. The Kier molecular flexibility index (Phi) is 2.70. The summed E-state index contributed by atoms with van der Waals surface area (Å²) in [5, 5.41) is 5.77. The van der Waals surface area contributed by atoms with Gasteiger partial charge in [-0.05, 0) is 42.0 Å². The summed E-state index contributed by atoms with van der Waals surface area (Å²) in [5.41, 5.74) is 10.8. The maximum Gasteiger partial charge on any atom is 0.0810 e. The number of fused-ring (bicyclic) bond motifs is 5. The van der Waals surface area contributed by atoms with Crippen LogP contribution in [0.3, 0.4) is 0 Å². The van der Waals surface area contributed by atoms with E-state index in [0.29, 0.717) is 0 Å². The van der Waals surface area contributed by atoms with Crippen LogP contribution in [0.25, 0.3) is 5.57 Å². The largest absolute Gasteiger partial charge is 0.373 e. The van der Waals surface area contributed by atoms with Crippen LogP contribution in [0.1, 0.15) is 5.56 Å². The van der Waals surface area contributed by atoms with Crippen molar-refractivity contribution in [3.8, 4) is 0 Å². The van der Waals surface area contributed by atoms with E-state index in [0.717, 1.165) is 10.2 Å². The molecular formula is C19H14BrN3. The van der Waals surface area contributed by atoms with Crippen molar-refractivity contribution in [1.82, 2.24) is 5.43 Å². The molecule has 0 saturated carbocycles. The molecule has 112 valence electrons. The van der Waals surface area contributed by atoms with Gasteiger partial charge in [0.05, 0.1) is 17.4 Å². The second kappa shape index (κ2) is 4.77. The predicted octanol–water partition coefficient (Wildman–Crippen LogP) is 4.43. The summed E-state index contributed by atoms with van der Waals surface area (Å²) in [6.07, 6.45) is 6.53. The van der Waals surface area contributed by atoms with Gasteiger partial charge in [0.25, 0.3) is 0 Å². The van der Waals surface area contributed by atoms with Gasteiger partial charge in [0, 0.05) is 27.5 Å². The van der Waals surface area contributed by atoms with Gasteiger partial charge >= 0.3 is 0 Å². The SMILES string of the molecule is Brc1ccc2c(c1)C1=CC=C3C(=CNN3c3ccccc3)C1N2. The highest BCUT2D eigenvalue weighted by Crippen LogP contribution is 2.45. The van der Waals surface area contributed by atoms with Gasteiger partial charge in [-0.1, -0.05) is 40.2 Å². The quantitative estimate of drug-likeness (QED) is 0.784. The number of nitrogens with zero attached hydrogens (tertiary/aromatic N) is 1. The lowest BCUT2D eigenvalue weighted by atomic mass is 9.91. The molecule has 0 saturated heterocycles. The summed E-state index contributed by atoms with van der Waals surface area (Å²) < 4.78 is 1.11. The number of hydrogen-bond acceptors (Lipinski definition) is 3. The first-order chi connectivity index (χ1) is 11.3. The zero-order valence-corrected chi connectivity index (χ0v) is 13.8. The Morgan fingerprint density at radius 2 is 1.83 bits per heavy atom. The molecule has 0 radical (unpaired) electrons. The molecule has 1 atom stereocenters. The standard InChI is InChI=1S/C19H14BrN3/c20-12-6-8-17-15(10-12)14-7-9-18-16(19(14)22-17)11-21-23(18)13-4-2-1-3-5-13/h1-11,19,21-22H. The van der Waals surface area contributed by atoms with Crippen molar-refractivity contribution in [2.45, 2.75) is 6.04 Å². The number of allylic oxidation sites excluding steroid dienone is 2. The molecule has 1 unspecified atom stereocenters. The molecule has 2 heterocycles. The van der Waals surface area contributed by atoms with E-state index in [2.05, 4.69) is 92.5 Å². The fourth-order valence-corrected chi connectivity index (χ4v) is 3.83. The third-order valence-corrected chi connectivity index (χ3v) is 5.03. The van der Waals surface area contributed by atoms with Gasteiger partial charge in [0.2, 0.25) is 0 Å². The van der Waals surface area contributed by atoms with Crippen LogP contribution in [0.15, 0.2) is 82.6 Å². The summed E-state index contributed by atoms with van der Waals surface area (Å²) in [7, 11) is 0. The number of hydrogen-bond donors (Lipinski definition) is 2. The van der Waals surface area contributed by atoms with Crippen molar-refractivity contribution >= 4 is 32.9 Å². The summed E-state index contributed by atoms with van der Waals surface area (Å²) >= 11 is 3.57. The third-order valence-electron chi connectivity index (χ3n) is 4.54. The van der Waals surface area contributed by atoms with Gasteiger partial charge in [0.1, 0.15) is 0 Å². The minimum atomic E-state index is 0.209. The minimum absolute atomic E-state index is 0.209. The Morgan fingerprint density at radius 3 is 2.70 bits per heavy atom. The van der Waals surface area contributed by atoms with Crippen molar-refractivity contribution in [2.75, 3.05) is 10.3 Å². The second-order valence-electron chi connectivity index (χ2n) is 5.84. The Balaban J connectivity index is 1.58. The lowest BCUT2D eigenvalue weighted by molar-refractivity contribution is 0.887. The predicted molar refractivity (Wildman–Crippen MR) is 97.8 cm³/mol. The normalized spacial score (nSPS) is 20.5. The summed E-state index contributed by atoms with van der Waals surface area (Å²) in [6, 6.07) is 17.0. The molecule has 0 fully saturated rings. The molecule has 3 aliphatic rings. The van der Waals surface area contributed by atoms with E-state index < -0.39 is 0 Å². The first-order valence-electron chi connectivity index (χ1n) is 7.61. The second-order valence-corrected chi connectivity index (χ2v) is 6.76. The lowest BCUT2D eigenvalue weighted by Crippen LogP contribution is -2.30. The molecule has 2 aromatic rings. The molecule has 0 amide bonds. The fraction of sp³-hybridized carbons (Fsp3) is 0.0526. The van der Waals surface area contributed by atoms with E-state index in [1.165, 1.54) is 28.1 Å². The van der Waals surface area contributed by atoms with Crippen LogP contribution < -0.4 is 15.8 Å². The van der Waals surface area contributed by atoms with Crippen molar-refractivity contribution in [2.24, 2.45) is 0 Å². The van der Waals surface area contributed by atoms with Gasteiger partial charge in [-0.3, -0.25) is 5.01 Å². The average molecular weight is 364 g/mol. The lowest BCUT2D eigenvalue weighted by Gasteiger charge is -2.26. The molecule has 2 aromatic carbocycles. The molecule has 0 aromatic heterocycles. The number of anilines is 2. The zero-order valence-electron chi connectivity index (χ0n) is 12.3. The van der Waals surface area contributed by atoms with Crippen molar-refractivity contribution < 1.29 is 0 Å². The van der Waals surface area contributed by atoms with Gasteiger partial charge in [-0.15, -0.1) is 0 Å². The molecule has 0 bridgehead atoms. The van der Waals surface area contributed by atoms with Crippen molar-refractivity contribution in [3.05, 3.63) is 88.2 Å². The van der Waals surface area contributed by atoms with Gasteiger partial charge < -0.3 is 10.7 Å². The van der Waals surface area contributed by atoms with Crippen molar-refractivity contribution in [3.63, 3.8) is 0 Å². The highest BCUT2D eigenvalue weighted by Gasteiger charge is 2.36. The highest BCUT2D eigenvalue weighted by atomic mass is 79.9. The van der Waals surface area contributed by atoms with Gasteiger partial charge in [0.15, 0.2) is 0 Å². The van der Waals surface area contributed by atoms with Crippen molar-refractivity contribution in [1.29, 1.82) is 0 Å². The Morgan fingerprint density at radius 1 is 0.957 bits per heavy atom. The number of hydrazine groups is 1. The Bertz CT molecular complexity index is 896. The Labute approximate surface area is 143 Å². The number of halogens is 1. The summed E-state index contributed by atoms with van der Waals surface area (Å²) in [6.45, 7) is 0. The smallest absolute Gasteiger partial charge is 0.0810 e. The zero-order chi connectivity index (χ0) is 15.4. The van der Waals surface area contributed by atoms with Crippen LogP contribution in [-0.2, 0) is 0 Å². The molecule has 2 N–H and O–H groups in total. The molecule has 2 aliphatic heterocycles. The van der Waals surface area contributed by atoms with E-state index >= 15 is 0 Å². The molecular weight excluding hydrogens is 350 g/mol. The van der Waals surface area contributed by atoms with E-state index in [4.69, 9.17) is 0 Å². The molecule has 1 aliphatic carbocycles. The fourth-order valence-electron chi connectivity index (χ4n) is 3.47. The number of rotatable bonds is 1. The number of para-hydroxylation sites is 1. The van der Waals surface area contributed by atoms with E-state index in [9.17, 15) is 0 Å². The third kappa shape index (κ3) is 1.88. The van der Waals surface area contributed by atoms with E-state index in [1.807, 2.05) is 6.07 Å². The van der Waals surface area contributed by atoms with Crippen LogP contribution in [0.5, 0.6) is 0 Å². The van der Waals surface area contributed by atoms with Crippen LogP contribution in [0.2, 0.25) is 0 Å². The van der Waals surface area contributed by atoms with Crippen LogP contribution in [0.4, 0.5) is 11.4 Å². The first kappa shape index (κ1) is 13.0. The highest BCUT2D eigenvalue weighted by molar-refractivity contribution is 9.10. The molecule has 4 heteroatoms. The number of benzene rings is 2. The van der Waals surface area contributed by atoms with Crippen LogP contribution >= 0.6 is 15.9 Å².